The molecule has 0 spiro atoms. The number of nitrogens with zero attached hydrogens (tertiary/aromatic N) is 2. The molecule has 0 fully saturated rings. The van der Waals surface area contributed by atoms with E-state index in [4.69, 9.17) is 28.0 Å². The highest BCUT2D eigenvalue weighted by atomic mass is 35.5. The molecule has 4 rings (SSSR count). The maximum absolute atomic E-state index is 14.2. The van der Waals surface area contributed by atoms with Gasteiger partial charge in [-0.05, 0) is 60.5 Å². The zero-order valence-electron chi connectivity index (χ0n) is 17.1. The number of carbonyl (C=O) groups is 1. The fourth-order valence-corrected chi connectivity index (χ4v) is 4.09. The molecule has 0 aliphatic carbocycles. The van der Waals surface area contributed by atoms with Gasteiger partial charge in [0, 0.05) is 33.8 Å². The lowest BCUT2D eigenvalue weighted by molar-refractivity contribution is -0.275. The van der Waals surface area contributed by atoms with Crippen LogP contribution in [0.2, 0.25) is 10.0 Å². The highest BCUT2D eigenvalue weighted by Crippen LogP contribution is 2.49. The van der Waals surface area contributed by atoms with Gasteiger partial charge in [-0.1, -0.05) is 40.5 Å². The summed E-state index contributed by atoms with van der Waals surface area (Å²) in [6.07, 6.45) is -3.82. The second-order valence-corrected chi connectivity index (χ2v) is 8.36. The minimum atomic E-state index is -4.79. The van der Waals surface area contributed by atoms with Gasteiger partial charge in [0.2, 0.25) is 0 Å². The van der Waals surface area contributed by atoms with Gasteiger partial charge >= 0.3 is 6.18 Å². The van der Waals surface area contributed by atoms with Gasteiger partial charge in [-0.25, -0.2) is 4.98 Å². The maximum Gasteiger partial charge on any atom is 0.435 e. The summed E-state index contributed by atoms with van der Waals surface area (Å²) in [5.41, 5.74) is -1.56. The lowest BCUT2D eigenvalue weighted by Gasteiger charge is -2.29. The summed E-state index contributed by atoms with van der Waals surface area (Å²) in [7, 11) is 0. The number of alkyl halides is 3. The van der Waals surface area contributed by atoms with Crippen LogP contribution in [-0.4, -0.2) is 22.8 Å². The van der Waals surface area contributed by atoms with Crippen LogP contribution >= 0.6 is 23.2 Å². The largest absolute Gasteiger partial charge is 0.435 e. The quantitative estimate of drug-likeness (QED) is 0.449. The Balaban J connectivity index is 1.61. The molecule has 1 amide bonds. The van der Waals surface area contributed by atoms with E-state index in [1.165, 1.54) is 18.2 Å². The Labute approximate surface area is 197 Å². The molecule has 5 nitrogen and oxygen atoms in total. The highest BCUT2D eigenvalue weighted by Gasteiger charge is 2.62. The van der Waals surface area contributed by atoms with Crippen LogP contribution < -0.4 is 5.32 Å². The molecule has 0 bridgehead atoms. The lowest BCUT2D eigenvalue weighted by Crippen LogP contribution is -2.42. The molecule has 1 aliphatic rings. The molecule has 33 heavy (non-hydrogen) atoms. The van der Waals surface area contributed by atoms with E-state index >= 15 is 0 Å². The lowest BCUT2D eigenvalue weighted by atomic mass is 9.86. The number of halogens is 5. The predicted molar refractivity (Wildman–Crippen MR) is 120 cm³/mol. The van der Waals surface area contributed by atoms with Gasteiger partial charge in [0.25, 0.3) is 11.5 Å². The average molecular weight is 494 g/mol. The van der Waals surface area contributed by atoms with Crippen molar-refractivity contribution in [1.29, 1.82) is 0 Å². The van der Waals surface area contributed by atoms with Crippen molar-refractivity contribution in [1.82, 2.24) is 4.98 Å². The summed E-state index contributed by atoms with van der Waals surface area (Å²) in [4.78, 5) is 21.6. The third-order valence-corrected chi connectivity index (χ3v) is 5.66. The molecule has 3 aromatic rings. The van der Waals surface area contributed by atoms with Crippen molar-refractivity contribution >= 4 is 40.6 Å². The topological polar surface area (TPSA) is 63.6 Å². The Morgan fingerprint density at radius 2 is 1.82 bits per heavy atom. The second-order valence-electron chi connectivity index (χ2n) is 7.49. The van der Waals surface area contributed by atoms with Crippen molar-refractivity contribution in [2.45, 2.75) is 25.1 Å². The fourth-order valence-electron chi connectivity index (χ4n) is 3.56. The molecule has 1 aliphatic heterocycles. The molecule has 1 N–H and O–H groups in total. The molecule has 1 atom stereocenters. The van der Waals surface area contributed by atoms with Gasteiger partial charge < -0.3 is 10.2 Å². The minimum Gasteiger partial charge on any atom is -0.374 e. The number of nitrogens with one attached hydrogen (secondary N) is 1. The number of aromatic nitrogens is 1. The summed E-state index contributed by atoms with van der Waals surface area (Å²) in [6.45, 7) is 1.68. The van der Waals surface area contributed by atoms with Crippen molar-refractivity contribution in [2.24, 2.45) is 5.16 Å². The van der Waals surface area contributed by atoms with Gasteiger partial charge in [-0.2, -0.15) is 13.2 Å². The molecule has 1 aromatic heterocycles. The Morgan fingerprint density at radius 1 is 1.09 bits per heavy atom. The molecule has 2 aromatic carbocycles. The highest BCUT2D eigenvalue weighted by molar-refractivity contribution is 6.34. The third-order valence-electron chi connectivity index (χ3n) is 5.23. The van der Waals surface area contributed by atoms with E-state index in [1.807, 2.05) is 0 Å². The van der Waals surface area contributed by atoms with E-state index in [2.05, 4.69) is 15.5 Å². The standard InChI is InChI=1S/C23H16Cl2F3N3O2/c1-13-8-14(5-6-18(13)21(32)30-20-4-2-3-7-29-20)19-12-22(33-31-19,23(26,27)28)15-9-16(24)11-17(25)10-15/h2-11H,12H2,1H3,(H,29,30,32). The summed E-state index contributed by atoms with van der Waals surface area (Å²) in [5, 5.41) is 6.53. The van der Waals surface area contributed by atoms with Crippen LogP contribution in [0.3, 0.4) is 0 Å². The number of aryl methyl sites for hydroxylation is 1. The first-order valence-electron chi connectivity index (χ1n) is 9.71. The van der Waals surface area contributed by atoms with Crippen LogP contribution in [0.25, 0.3) is 0 Å². The van der Waals surface area contributed by atoms with Gasteiger partial charge in [-0.3, -0.25) is 4.79 Å². The number of carbonyl (C=O) groups excluding carboxylic acids is 1. The predicted octanol–water partition coefficient (Wildman–Crippen LogP) is 6.53. The van der Waals surface area contributed by atoms with Crippen LogP contribution in [0, 0.1) is 6.92 Å². The summed E-state index contributed by atoms with van der Waals surface area (Å²) in [5.74, 6) is -0.00439. The molecular weight excluding hydrogens is 478 g/mol. The van der Waals surface area contributed by atoms with Crippen LogP contribution in [-0.2, 0) is 10.4 Å². The zero-order valence-corrected chi connectivity index (χ0v) is 18.6. The van der Waals surface area contributed by atoms with E-state index in [1.54, 1.807) is 37.4 Å². The zero-order chi connectivity index (χ0) is 23.8. The Bertz CT molecular complexity index is 1230. The molecule has 0 radical (unpaired) electrons. The Kier molecular flexibility index (Phi) is 6.07. The first-order valence-corrected chi connectivity index (χ1v) is 10.5. The van der Waals surface area contributed by atoms with Crippen LogP contribution in [0.4, 0.5) is 19.0 Å². The number of benzene rings is 2. The first kappa shape index (κ1) is 23.1. The van der Waals surface area contributed by atoms with E-state index in [-0.39, 0.29) is 27.2 Å². The van der Waals surface area contributed by atoms with Crippen molar-refractivity contribution in [3.8, 4) is 0 Å². The van der Waals surface area contributed by atoms with Crippen LogP contribution in [0.5, 0.6) is 0 Å². The van der Waals surface area contributed by atoms with Gasteiger partial charge in [0.05, 0.1) is 5.71 Å². The summed E-state index contributed by atoms with van der Waals surface area (Å²) in [6, 6.07) is 13.4. The monoisotopic (exact) mass is 493 g/mol. The Hall–Kier alpha value is -3.10. The molecule has 0 saturated carbocycles. The average Bonchev–Trinajstić information content (AvgIpc) is 3.21. The number of hydrogen-bond donors (Lipinski definition) is 1. The van der Waals surface area contributed by atoms with Crippen molar-refractivity contribution in [3.05, 3.63) is 93.1 Å². The van der Waals surface area contributed by atoms with Crippen molar-refractivity contribution < 1.29 is 22.8 Å². The van der Waals surface area contributed by atoms with Crippen LogP contribution in [0.1, 0.15) is 33.5 Å². The van der Waals surface area contributed by atoms with Gasteiger partial charge in [0.1, 0.15) is 5.82 Å². The SMILES string of the molecule is Cc1cc(C2=NOC(c3cc(Cl)cc(Cl)c3)(C(F)(F)F)C2)ccc1C(=O)Nc1ccccn1. The first-order chi connectivity index (χ1) is 15.6. The molecule has 10 heteroatoms. The molecular formula is C23H16Cl2F3N3O2. The number of anilines is 1. The third kappa shape index (κ3) is 4.54. The second kappa shape index (κ2) is 8.68. The summed E-state index contributed by atoms with van der Waals surface area (Å²) >= 11 is 11.9. The number of hydrogen-bond acceptors (Lipinski definition) is 4. The van der Waals surface area contributed by atoms with E-state index < -0.39 is 18.2 Å². The van der Waals surface area contributed by atoms with Gasteiger partial charge in [0.15, 0.2) is 0 Å². The van der Waals surface area contributed by atoms with Crippen LogP contribution in [0.15, 0.2) is 65.9 Å². The van der Waals surface area contributed by atoms with Crippen molar-refractivity contribution in [3.63, 3.8) is 0 Å². The molecule has 170 valence electrons. The smallest absolute Gasteiger partial charge is 0.374 e. The minimum absolute atomic E-state index is 0.0530. The molecule has 2 heterocycles. The normalized spacial score (nSPS) is 17.9. The number of pyridine rings is 1. The number of rotatable bonds is 4. The van der Waals surface area contributed by atoms with E-state index in [0.717, 1.165) is 12.1 Å². The number of amides is 1. The van der Waals surface area contributed by atoms with Crippen molar-refractivity contribution in [2.75, 3.05) is 5.32 Å². The Morgan fingerprint density at radius 3 is 2.42 bits per heavy atom. The van der Waals surface area contributed by atoms with E-state index in [9.17, 15) is 18.0 Å². The maximum atomic E-state index is 14.2. The number of oxime groups is 1. The van der Waals surface area contributed by atoms with Gasteiger partial charge in [-0.15, -0.1) is 0 Å². The molecule has 0 saturated heterocycles. The summed E-state index contributed by atoms with van der Waals surface area (Å²) < 4.78 is 42.5. The molecule has 1 unspecified atom stereocenters. The fraction of sp³-hybridized carbons (Fsp3) is 0.174. The van der Waals surface area contributed by atoms with E-state index in [0.29, 0.717) is 22.5 Å².